The molecule has 15 heteroatoms. The minimum Gasteiger partial charge on any atom is -0.472 e. The molecule has 14 nitrogen and oxygen atoms in total. The molecule has 2 heterocycles. The molecule has 6 atom stereocenters. The molecule has 3 aliphatic rings. The van der Waals surface area contributed by atoms with Crippen molar-refractivity contribution in [3.05, 3.63) is 23.4 Å². The van der Waals surface area contributed by atoms with Crippen LogP contribution in [0, 0.1) is 11.3 Å². The fraction of sp³-hybridized carbons (Fsp3) is 0.737. The highest BCUT2D eigenvalue weighted by Crippen LogP contribution is 2.31. The second-order valence-electron chi connectivity index (χ2n) is 16.8. The van der Waals surface area contributed by atoms with E-state index in [1.807, 2.05) is 27.7 Å². The van der Waals surface area contributed by atoms with Crippen molar-refractivity contribution >= 4 is 41.3 Å². The molecule has 2 aliphatic carbocycles. The van der Waals surface area contributed by atoms with Gasteiger partial charge in [0.05, 0.1) is 17.6 Å². The predicted octanol–water partition coefficient (Wildman–Crippen LogP) is 4.01. The third-order valence-electron chi connectivity index (χ3n) is 9.81. The Morgan fingerprint density at radius 2 is 1.64 bits per heavy atom. The molecule has 296 valence electrons. The van der Waals surface area contributed by atoms with Gasteiger partial charge in [0.25, 0.3) is 5.91 Å². The van der Waals surface area contributed by atoms with Gasteiger partial charge in [-0.3, -0.25) is 19.2 Å². The first-order valence-corrected chi connectivity index (χ1v) is 19.4. The van der Waals surface area contributed by atoms with Crippen LogP contribution < -0.4 is 26.0 Å². The van der Waals surface area contributed by atoms with Gasteiger partial charge in [0, 0.05) is 24.7 Å². The van der Waals surface area contributed by atoms with Gasteiger partial charge in [0.2, 0.25) is 23.6 Å². The van der Waals surface area contributed by atoms with Gasteiger partial charge >= 0.3 is 6.09 Å². The highest BCUT2D eigenvalue weighted by molar-refractivity contribution is 6.30. The van der Waals surface area contributed by atoms with E-state index in [1.165, 1.54) is 11.1 Å². The van der Waals surface area contributed by atoms with Crippen molar-refractivity contribution in [3.63, 3.8) is 0 Å². The Labute approximate surface area is 318 Å². The highest BCUT2D eigenvalue weighted by atomic mass is 35.5. The van der Waals surface area contributed by atoms with Crippen molar-refractivity contribution in [2.24, 2.45) is 11.3 Å². The van der Waals surface area contributed by atoms with Gasteiger partial charge in [0.15, 0.2) is 6.10 Å². The van der Waals surface area contributed by atoms with E-state index < -0.39 is 77.1 Å². The van der Waals surface area contributed by atoms with E-state index in [0.29, 0.717) is 17.9 Å². The summed E-state index contributed by atoms with van der Waals surface area (Å²) in [6.45, 7) is 12.6. The number of nitrogens with zero attached hydrogens (tertiary/aromatic N) is 2. The lowest BCUT2D eigenvalue weighted by atomic mass is 9.82. The number of carbonyl (C=O) groups excluding carboxylic acids is 5. The molecule has 0 spiro atoms. The van der Waals surface area contributed by atoms with E-state index in [1.54, 1.807) is 32.9 Å². The Kier molecular flexibility index (Phi) is 14.4. The van der Waals surface area contributed by atoms with Crippen molar-refractivity contribution in [1.29, 1.82) is 0 Å². The molecule has 53 heavy (non-hydrogen) atoms. The summed E-state index contributed by atoms with van der Waals surface area (Å²) in [7, 11) is 0. The molecule has 1 saturated heterocycles. The van der Waals surface area contributed by atoms with Crippen LogP contribution >= 0.6 is 11.6 Å². The number of rotatable bonds is 14. The Bertz CT molecular complexity index is 1440. The van der Waals surface area contributed by atoms with Crippen molar-refractivity contribution in [1.82, 2.24) is 31.2 Å². The largest absolute Gasteiger partial charge is 0.472 e. The zero-order chi connectivity index (χ0) is 39.1. The first kappa shape index (κ1) is 42.1. The van der Waals surface area contributed by atoms with Gasteiger partial charge in [-0.25, -0.2) is 9.78 Å². The zero-order valence-corrected chi connectivity index (χ0v) is 33.0. The molecule has 1 aromatic rings. The summed E-state index contributed by atoms with van der Waals surface area (Å²) in [6, 6.07) is -0.762. The summed E-state index contributed by atoms with van der Waals surface area (Å²) >= 11 is 6.02. The number of alkyl carbamates (subject to hydrolysis) is 1. The van der Waals surface area contributed by atoms with Gasteiger partial charge < -0.3 is 40.7 Å². The second-order valence-corrected chi connectivity index (χ2v) is 17.2. The van der Waals surface area contributed by atoms with Crippen LogP contribution in [0.2, 0.25) is 5.02 Å². The monoisotopic (exact) mass is 762 g/mol. The van der Waals surface area contributed by atoms with Crippen molar-refractivity contribution in [2.75, 3.05) is 6.54 Å². The number of aliphatic hydroxyl groups excluding tert-OH is 1. The van der Waals surface area contributed by atoms with Crippen LogP contribution in [-0.2, 0) is 23.9 Å². The van der Waals surface area contributed by atoms with Gasteiger partial charge in [-0.2, -0.15) is 0 Å². The maximum absolute atomic E-state index is 14.7. The minimum absolute atomic E-state index is 0.00491. The molecule has 0 bridgehead atoms. The quantitative estimate of drug-likeness (QED) is 0.187. The molecule has 2 saturated carbocycles. The molecule has 4 rings (SSSR count). The van der Waals surface area contributed by atoms with E-state index in [0.717, 1.165) is 44.9 Å². The number of ether oxygens (including phenoxy) is 2. The lowest BCUT2D eigenvalue weighted by molar-refractivity contribution is -0.145. The number of aromatic nitrogens is 1. The first-order chi connectivity index (χ1) is 24.9. The second kappa shape index (κ2) is 18.1. The van der Waals surface area contributed by atoms with E-state index in [-0.39, 0.29) is 30.8 Å². The molecule has 1 unspecified atom stereocenters. The molecule has 0 aromatic carbocycles. The SMILES string of the molecule is CCC[C@H](NC(=O)[C@@H]1C[C@@H](Oc2ccc(Cl)cn2)CN1C(=O)[C@@H](NC(=O)[C@@H](NC(=O)OC(C)(C)C)C1CCCCC1)C(C)(C)C)C(O)C(=O)NC1CC1. The Morgan fingerprint density at radius 1 is 0.962 bits per heavy atom. The summed E-state index contributed by atoms with van der Waals surface area (Å²) in [5, 5.41) is 22.8. The summed E-state index contributed by atoms with van der Waals surface area (Å²) in [5.41, 5.74) is -1.60. The number of hydrogen-bond acceptors (Lipinski definition) is 9. The standard InChI is InChI=1S/C38H59ClN6O8/c1-8-12-26(30(46)34(49)41-24-16-17-24)42-32(47)27-19-25(52-28-18-15-23(39)20-40-28)21-45(27)35(50)31(37(2,3)4)44-33(48)29(22-13-10-9-11-14-22)43-36(51)53-38(5,6)7/h15,18,20,22,24-27,29-31,46H,8-14,16-17,19,21H2,1-7H3,(H,41,49)(H,42,47)(H,43,51)(H,44,48)/t25-,26+,27+,29+,30?,31-/m1/s1. The Balaban J connectivity index is 1.60. The van der Waals surface area contributed by atoms with Crippen LogP contribution in [0.15, 0.2) is 18.3 Å². The third-order valence-corrected chi connectivity index (χ3v) is 10.0. The summed E-state index contributed by atoms with van der Waals surface area (Å²) < 4.78 is 11.6. The Morgan fingerprint density at radius 3 is 2.21 bits per heavy atom. The topological polar surface area (TPSA) is 188 Å². The highest BCUT2D eigenvalue weighted by Gasteiger charge is 2.47. The maximum Gasteiger partial charge on any atom is 0.408 e. The third kappa shape index (κ3) is 12.4. The average Bonchev–Trinajstić information content (AvgIpc) is 3.80. The average molecular weight is 763 g/mol. The fourth-order valence-electron chi connectivity index (χ4n) is 6.92. The number of aliphatic hydroxyl groups is 1. The maximum atomic E-state index is 14.7. The normalized spacial score (nSPS) is 21.8. The van der Waals surface area contributed by atoms with E-state index in [2.05, 4.69) is 26.3 Å². The molecular weight excluding hydrogens is 704 g/mol. The van der Waals surface area contributed by atoms with Crippen LogP contribution in [0.3, 0.4) is 0 Å². The van der Waals surface area contributed by atoms with Crippen LogP contribution in [0.25, 0.3) is 0 Å². The molecule has 3 fully saturated rings. The predicted molar refractivity (Wildman–Crippen MR) is 199 cm³/mol. The number of carbonyl (C=O) groups is 5. The van der Waals surface area contributed by atoms with Crippen LogP contribution in [0.1, 0.15) is 113 Å². The van der Waals surface area contributed by atoms with Crippen molar-refractivity contribution in [2.45, 2.75) is 161 Å². The molecule has 1 aromatic heterocycles. The molecule has 0 radical (unpaired) electrons. The van der Waals surface area contributed by atoms with Gasteiger partial charge in [-0.15, -0.1) is 0 Å². The number of halogens is 1. The fourth-order valence-corrected chi connectivity index (χ4v) is 7.03. The van der Waals surface area contributed by atoms with Gasteiger partial charge in [-0.1, -0.05) is 65.0 Å². The zero-order valence-electron chi connectivity index (χ0n) is 32.2. The lowest BCUT2D eigenvalue weighted by Crippen LogP contribution is -2.62. The van der Waals surface area contributed by atoms with Crippen LogP contribution in [0.5, 0.6) is 5.88 Å². The van der Waals surface area contributed by atoms with Gasteiger partial charge in [0.1, 0.15) is 29.8 Å². The number of pyridine rings is 1. The van der Waals surface area contributed by atoms with E-state index in [9.17, 15) is 29.1 Å². The Hall–Kier alpha value is -3.65. The molecule has 5 amide bonds. The summed E-state index contributed by atoms with van der Waals surface area (Å²) in [5.74, 6) is -2.03. The molecular formula is C38H59ClN6O8. The number of nitrogens with one attached hydrogen (secondary N) is 4. The van der Waals surface area contributed by atoms with Crippen molar-refractivity contribution < 1.29 is 38.6 Å². The van der Waals surface area contributed by atoms with E-state index >= 15 is 0 Å². The summed E-state index contributed by atoms with van der Waals surface area (Å²) in [4.78, 5) is 74.3. The molecule has 5 N–H and O–H groups in total. The summed E-state index contributed by atoms with van der Waals surface area (Å²) in [6.07, 6.45) is 5.59. The number of hydrogen-bond donors (Lipinski definition) is 5. The number of likely N-dealkylation sites (tertiary alicyclic amines) is 1. The van der Waals surface area contributed by atoms with E-state index in [4.69, 9.17) is 21.1 Å². The number of amides is 5. The smallest absolute Gasteiger partial charge is 0.408 e. The van der Waals surface area contributed by atoms with Crippen molar-refractivity contribution in [3.8, 4) is 5.88 Å². The minimum atomic E-state index is -1.48. The lowest BCUT2D eigenvalue weighted by Gasteiger charge is -2.37. The first-order valence-electron chi connectivity index (χ1n) is 19.0. The molecule has 1 aliphatic heterocycles. The van der Waals surface area contributed by atoms with Crippen LogP contribution in [-0.4, -0.2) is 99.3 Å². The van der Waals surface area contributed by atoms with Crippen LogP contribution in [0.4, 0.5) is 4.79 Å². The van der Waals surface area contributed by atoms with Gasteiger partial charge in [-0.05, 0) is 70.3 Å².